The van der Waals surface area contributed by atoms with Gasteiger partial charge in [0, 0.05) is 31.7 Å². The molecule has 2 aliphatic rings. The van der Waals surface area contributed by atoms with Gasteiger partial charge in [0.2, 0.25) is 0 Å². The van der Waals surface area contributed by atoms with Gasteiger partial charge in [0.15, 0.2) is 5.96 Å². The number of carbonyl (C=O) groups is 1. The number of guanidine groups is 1. The van der Waals surface area contributed by atoms with E-state index in [4.69, 9.17) is 9.73 Å². The van der Waals surface area contributed by atoms with Gasteiger partial charge < -0.3 is 15.0 Å². The third-order valence-corrected chi connectivity index (χ3v) is 5.79. The van der Waals surface area contributed by atoms with E-state index in [-0.39, 0.29) is 17.4 Å². The Bertz CT molecular complexity index is 484. The van der Waals surface area contributed by atoms with E-state index in [0.29, 0.717) is 0 Å². The predicted octanol–water partition coefficient (Wildman–Crippen LogP) is 2.35. The molecule has 2 aliphatic heterocycles. The summed E-state index contributed by atoms with van der Waals surface area (Å²) in [4.78, 5) is 21.6. The molecule has 0 saturated carbocycles. The molecular weight excluding hydrogens is 328 g/mol. The highest BCUT2D eigenvalue weighted by Gasteiger charge is 2.31. The van der Waals surface area contributed by atoms with Gasteiger partial charge in [0.1, 0.15) is 0 Å². The van der Waals surface area contributed by atoms with Gasteiger partial charge in [-0.3, -0.25) is 14.7 Å². The first-order chi connectivity index (χ1) is 12.4. The quantitative estimate of drug-likeness (QED) is 0.460. The van der Waals surface area contributed by atoms with E-state index in [1.54, 1.807) is 0 Å². The zero-order chi connectivity index (χ0) is 19.2. The van der Waals surface area contributed by atoms with Crippen molar-refractivity contribution in [3.8, 4) is 0 Å². The number of ether oxygens (including phenoxy) is 1. The zero-order valence-electron chi connectivity index (χ0n) is 17.4. The minimum atomic E-state index is -0.0769. The molecule has 2 fully saturated rings. The van der Waals surface area contributed by atoms with E-state index in [9.17, 15) is 4.79 Å². The molecule has 1 atom stereocenters. The molecule has 1 N–H and O–H groups in total. The molecule has 1 unspecified atom stereocenters. The topological polar surface area (TPSA) is 57.2 Å². The van der Waals surface area contributed by atoms with Crippen LogP contribution in [0.15, 0.2) is 4.99 Å². The third-order valence-electron chi connectivity index (χ3n) is 5.79. The fourth-order valence-electron chi connectivity index (χ4n) is 4.03. The van der Waals surface area contributed by atoms with Crippen molar-refractivity contribution in [3.05, 3.63) is 0 Å². The lowest BCUT2D eigenvalue weighted by Crippen LogP contribution is -2.52. The number of hydrogen-bond donors (Lipinski definition) is 1. The Kier molecular flexibility index (Phi) is 7.74. The van der Waals surface area contributed by atoms with Gasteiger partial charge >= 0.3 is 5.97 Å². The summed E-state index contributed by atoms with van der Waals surface area (Å²) in [6.07, 6.45) is 4.30. The number of carbonyl (C=O) groups excluding carboxylic acids is 1. The number of esters is 1. The Morgan fingerprint density at radius 3 is 2.50 bits per heavy atom. The summed E-state index contributed by atoms with van der Waals surface area (Å²) < 4.78 is 4.89. The first-order valence-electron chi connectivity index (χ1n) is 10.2. The fraction of sp³-hybridized carbons (Fsp3) is 0.900. The van der Waals surface area contributed by atoms with Gasteiger partial charge in [-0.2, -0.15) is 0 Å². The standard InChI is InChI=1S/C20H38N4O2/c1-6-21-19(23-12-9-17(10-13-23)18(25)26-5)22-15-20(3,4)24-11-7-8-16(2)14-24/h16-17H,6-15H2,1-5H3,(H,21,22). The first kappa shape index (κ1) is 21.0. The SMILES string of the molecule is CCNC(=NCC(C)(C)N1CCCC(C)C1)N1CCC(C(=O)OC)CC1. The number of nitrogens with one attached hydrogen (secondary N) is 1. The van der Waals surface area contributed by atoms with Crippen LogP contribution in [0.4, 0.5) is 0 Å². The fourth-order valence-corrected chi connectivity index (χ4v) is 4.03. The van der Waals surface area contributed by atoms with Crippen LogP contribution in [0.3, 0.4) is 0 Å². The molecular formula is C20H38N4O2. The monoisotopic (exact) mass is 366 g/mol. The summed E-state index contributed by atoms with van der Waals surface area (Å²) >= 11 is 0. The average molecular weight is 367 g/mol. The zero-order valence-corrected chi connectivity index (χ0v) is 17.4. The van der Waals surface area contributed by atoms with Gasteiger partial charge in [-0.1, -0.05) is 6.92 Å². The summed E-state index contributed by atoms with van der Waals surface area (Å²) in [5, 5.41) is 3.44. The molecule has 0 aliphatic carbocycles. The highest BCUT2D eigenvalue weighted by molar-refractivity contribution is 5.80. The highest BCUT2D eigenvalue weighted by atomic mass is 16.5. The molecule has 0 bridgehead atoms. The summed E-state index contributed by atoms with van der Waals surface area (Å²) in [6.45, 7) is 14.8. The molecule has 150 valence electrons. The molecule has 0 radical (unpaired) electrons. The van der Waals surface area contributed by atoms with Gasteiger partial charge in [-0.05, 0) is 58.9 Å². The van der Waals surface area contributed by atoms with E-state index in [2.05, 4.69) is 42.8 Å². The molecule has 0 aromatic heterocycles. The lowest BCUT2D eigenvalue weighted by atomic mass is 9.93. The highest BCUT2D eigenvalue weighted by Crippen LogP contribution is 2.24. The molecule has 26 heavy (non-hydrogen) atoms. The van der Waals surface area contributed by atoms with Crippen molar-refractivity contribution in [1.29, 1.82) is 0 Å². The van der Waals surface area contributed by atoms with Crippen LogP contribution in [0, 0.1) is 11.8 Å². The van der Waals surface area contributed by atoms with Crippen molar-refractivity contribution in [3.63, 3.8) is 0 Å². The molecule has 0 aromatic carbocycles. The van der Waals surface area contributed by atoms with Crippen LogP contribution >= 0.6 is 0 Å². The van der Waals surface area contributed by atoms with Crippen molar-refractivity contribution in [2.75, 3.05) is 46.4 Å². The van der Waals surface area contributed by atoms with E-state index in [0.717, 1.165) is 50.9 Å². The smallest absolute Gasteiger partial charge is 0.308 e. The van der Waals surface area contributed by atoms with Gasteiger partial charge in [0.25, 0.3) is 0 Å². The lowest BCUT2D eigenvalue weighted by Gasteiger charge is -2.42. The van der Waals surface area contributed by atoms with Crippen LogP contribution in [0.2, 0.25) is 0 Å². The second-order valence-electron chi connectivity index (χ2n) is 8.46. The Labute approximate surface area is 159 Å². The van der Waals surface area contributed by atoms with Crippen molar-refractivity contribution in [2.45, 2.75) is 58.9 Å². The molecule has 6 heteroatoms. The predicted molar refractivity (Wildman–Crippen MR) is 106 cm³/mol. The molecule has 6 nitrogen and oxygen atoms in total. The van der Waals surface area contributed by atoms with E-state index >= 15 is 0 Å². The minimum Gasteiger partial charge on any atom is -0.469 e. The van der Waals surface area contributed by atoms with E-state index < -0.39 is 0 Å². The van der Waals surface area contributed by atoms with Crippen LogP contribution < -0.4 is 5.32 Å². The molecule has 0 spiro atoms. The Balaban J connectivity index is 1.96. The van der Waals surface area contributed by atoms with Crippen molar-refractivity contribution < 1.29 is 9.53 Å². The summed E-state index contributed by atoms with van der Waals surface area (Å²) in [5.41, 5.74) is 0.0691. The number of piperidine rings is 2. The second-order valence-corrected chi connectivity index (χ2v) is 8.46. The molecule has 2 saturated heterocycles. The van der Waals surface area contributed by atoms with Crippen LogP contribution in [-0.4, -0.2) is 73.6 Å². The van der Waals surface area contributed by atoms with Gasteiger partial charge in [-0.15, -0.1) is 0 Å². The minimum absolute atomic E-state index is 0.0328. The molecule has 2 heterocycles. The number of aliphatic imine (C=N–C) groups is 1. The number of likely N-dealkylation sites (tertiary alicyclic amines) is 2. The number of hydrogen-bond acceptors (Lipinski definition) is 4. The maximum Gasteiger partial charge on any atom is 0.308 e. The average Bonchev–Trinajstić information content (AvgIpc) is 2.64. The number of rotatable bonds is 5. The van der Waals surface area contributed by atoms with Crippen LogP contribution in [-0.2, 0) is 9.53 Å². The van der Waals surface area contributed by atoms with Crippen LogP contribution in [0.1, 0.15) is 53.4 Å². The largest absolute Gasteiger partial charge is 0.469 e. The van der Waals surface area contributed by atoms with Gasteiger partial charge in [-0.25, -0.2) is 0 Å². The number of nitrogens with zero attached hydrogens (tertiary/aromatic N) is 3. The van der Waals surface area contributed by atoms with Crippen molar-refractivity contribution in [1.82, 2.24) is 15.1 Å². The maximum atomic E-state index is 11.7. The third kappa shape index (κ3) is 5.60. The summed E-state index contributed by atoms with van der Waals surface area (Å²) in [5.74, 6) is 1.71. The van der Waals surface area contributed by atoms with Crippen LogP contribution in [0.25, 0.3) is 0 Å². The lowest BCUT2D eigenvalue weighted by molar-refractivity contribution is -0.146. The summed E-state index contributed by atoms with van der Waals surface area (Å²) in [7, 11) is 1.48. The van der Waals surface area contributed by atoms with E-state index in [1.807, 2.05) is 0 Å². The van der Waals surface area contributed by atoms with Crippen LogP contribution in [0.5, 0.6) is 0 Å². The van der Waals surface area contributed by atoms with Crippen molar-refractivity contribution >= 4 is 11.9 Å². The molecule has 0 amide bonds. The maximum absolute atomic E-state index is 11.7. The Hall–Kier alpha value is -1.30. The second kappa shape index (κ2) is 9.58. The van der Waals surface area contributed by atoms with Crippen molar-refractivity contribution in [2.24, 2.45) is 16.8 Å². The normalized spacial score (nSPS) is 23.8. The Morgan fingerprint density at radius 1 is 1.23 bits per heavy atom. The van der Waals surface area contributed by atoms with E-state index in [1.165, 1.54) is 33.0 Å². The van der Waals surface area contributed by atoms with Gasteiger partial charge in [0.05, 0.1) is 19.6 Å². The molecule has 0 aromatic rings. The first-order valence-corrected chi connectivity index (χ1v) is 10.2. The Morgan fingerprint density at radius 2 is 1.92 bits per heavy atom. The molecule has 2 rings (SSSR count). The number of methoxy groups -OCH3 is 1. The summed E-state index contributed by atoms with van der Waals surface area (Å²) in [6, 6.07) is 0.